The molecule has 0 saturated carbocycles. The van der Waals surface area contributed by atoms with Gasteiger partial charge in [0.25, 0.3) is 0 Å². The van der Waals surface area contributed by atoms with E-state index in [1.807, 2.05) is 24.3 Å². The highest BCUT2D eigenvalue weighted by Crippen LogP contribution is 2.30. The molecule has 0 spiro atoms. The molecule has 0 radical (unpaired) electrons. The van der Waals surface area contributed by atoms with Crippen LogP contribution in [0.5, 0.6) is 5.75 Å². The van der Waals surface area contributed by atoms with Crippen molar-refractivity contribution in [2.24, 2.45) is 5.41 Å². The van der Waals surface area contributed by atoms with Gasteiger partial charge in [0.15, 0.2) is 0 Å². The second-order valence-corrected chi connectivity index (χ2v) is 5.83. The molecule has 0 aliphatic carbocycles. The van der Waals surface area contributed by atoms with Gasteiger partial charge in [-0.1, -0.05) is 12.1 Å². The number of aliphatic carboxylic acids is 1. The summed E-state index contributed by atoms with van der Waals surface area (Å²) in [7, 11) is 1.60. The molecule has 1 fully saturated rings. The lowest BCUT2D eigenvalue weighted by Crippen LogP contribution is -2.46. The van der Waals surface area contributed by atoms with E-state index in [1.165, 1.54) is 0 Å². The number of aryl methyl sites for hydroxylation is 1. The maximum Gasteiger partial charge on any atom is 0.311 e. The van der Waals surface area contributed by atoms with Crippen LogP contribution in [0, 0.1) is 5.41 Å². The summed E-state index contributed by atoms with van der Waals surface area (Å²) in [5.41, 5.74) is 0.114. The van der Waals surface area contributed by atoms with Crippen LogP contribution in [-0.2, 0) is 20.7 Å². The first-order valence-corrected chi connectivity index (χ1v) is 7.76. The Bertz CT molecular complexity index is 552. The molecular formula is C17H23NO5. The minimum atomic E-state index is -0.899. The Morgan fingerprint density at radius 2 is 2.09 bits per heavy atom. The molecule has 6 heteroatoms. The molecule has 2 rings (SSSR count). The normalized spacial score (nSPS) is 16.6. The largest absolute Gasteiger partial charge is 0.497 e. The van der Waals surface area contributed by atoms with E-state index in [9.17, 15) is 14.7 Å². The number of hydrogen-bond donors (Lipinski definition) is 2. The Kier molecular flexibility index (Phi) is 5.98. The Labute approximate surface area is 135 Å². The molecule has 23 heavy (non-hydrogen) atoms. The van der Waals surface area contributed by atoms with Crippen LogP contribution >= 0.6 is 0 Å². The molecular weight excluding hydrogens is 298 g/mol. The number of benzene rings is 1. The van der Waals surface area contributed by atoms with Crippen LogP contribution in [0.4, 0.5) is 0 Å². The fourth-order valence-corrected chi connectivity index (χ4v) is 2.67. The molecule has 2 N–H and O–H groups in total. The summed E-state index contributed by atoms with van der Waals surface area (Å²) in [4.78, 5) is 23.5. The van der Waals surface area contributed by atoms with E-state index in [0.717, 1.165) is 11.3 Å². The highest BCUT2D eigenvalue weighted by molar-refractivity contribution is 5.79. The lowest BCUT2D eigenvalue weighted by Gasteiger charge is -2.33. The van der Waals surface area contributed by atoms with E-state index < -0.39 is 11.4 Å². The van der Waals surface area contributed by atoms with E-state index in [0.29, 0.717) is 38.9 Å². The van der Waals surface area contributed by atoms with Gasteiger partial charge in [-0.25, -0.2) is 0 Å². The molecule has 1 amide bonds. The number of carbonyl (C=O) groups excluding carboxylic acids is 1. The first kappa shape index (κ1) is 17.3. The number of hydrogen-bond acceptors (Lipinski definition) is 4. The van der Waals surface area contributed by atoms with E-state index in [2.05, 4.69) is 5.32 Å². The molecule has 1 heterocycles. The van der Waals surface area contributed by atoms with Gasteiger partial charge in [-0.2, -0.15) is 0 Å². The summed E-state index contributed by atoms with van der Waals surface area (Å²) in [6.45, 7) is 1.00. The van der Waals surface area contributed by atoms with Gasteiger partial charge in [0.2, 0.25) is 5.91 Å². The molecule has 0 atom stereocenters. The summed E-state index contributed by atoms with van der Waals surface area (Å²) < 4.78 is 10.4. The monoisotopic (exact) mass is 321 g/mol. The predicted molar refractivity (Wildman–Crippen MR) is 84.4 cm³/mol. The zero-order chi connectivity index (χ0) is 16.7. The lowest BCUT2D eigenvalue weighted by atomic mass is 9.80. The van der Waals surface area contributed by atoms with Crippen molar-refractivity contribution in [3.8, 4) is 5.75 Å². The van der Waals surface area contributed by atoms with Crippen LogP contribution < -0.4 is 10.1 Å². The predicted octanol–water partition coefficient (Wildman–Crippen LogP) is 1.63. The van der Waals surface area contributed by atoms with Gasteiger partial charge in [0.05, 0.1) is 12.5 Å². The first-order chi connectivity index (χ1) is 11.1. The fraction of sp³-hybridized carbons (Fsp3) is 0.529. The third kappa shape index (κ3) is 4.69. The molecule has 1 aliphatic rings. The Morgan fingerprint density at radius 3 is 2.74 bits per heavy atom. The van der Waals surface area contributed by atoms with E-state index in [1.54, 1.807) is 7.11 Å². The Morgan fingerprint density at radius 1 is 1.35 bits per heavy atom. The Hall–Kier alpha value is -2.08. The molecule has 6 nitrogen and oxygen atoms in total. The van der Waals surface area contributed by atoms with Crippen molar-refractivity contribution in [2.75, 3.05) is 26.9 Å². The summed E-state index contributed by atoms with van der Waals surface area (Å²) in [5, 5.41) is 12.2. The van der Waals surface area contributed by atoms with Crippen LogP contribution in [0.2, 0.25) is 0 Å². The highest BCUT2D eigenvalue weighted by Gasteiger charge is 2.40. The third-order valence-corrected chi connectivity index (χ3v) is 4.30. The van der Waals surface area contributed by atoms with Gasteiger partial charge in [-0.15, -0.1) is 0 Å². The fourth-order valence-electron chi connectivity index (χ4n) is 2.67. The quantitative estimate of drug-likeness (QED) is 0.797. The van der Waals surface area contributed by atoms with Gasteiger partial charge in [0.1, 0.15) is 5.75 Å². The van der Waals surface area contributed by atoms with Crippen molar-refractivity contribution in [3.63, 3.8) is 0 Å². The zero-order valence-electron chi connectivity index (χ0n) is 13.3. The second-order valence-electron chi connectivity index (χ2n) is 5.83. The number of rotatable bonds is 7. The van der Waals surface area contributed by atoms with E-state index in [-0.39, 0.29) is 12.5 Å². The average molecular weight is 321 g/mol. The molecule has 126 valence electrons. The molecule has 1 aromatic carbocycles. The molecule has 0 unspecified atom stereocenters. The summed E-state index contributed by atoms with van der Waals surface area (Å²) in [6, 6.07) is 7.57. The van der Waals surface area contributed by atoms with Gasteiger partial charge in [0, 0.05) is 26.2 Å². The van der Waals surface area contributed by atoms with Crippen LogP contribution in [0.3, 0.4) is 0 Å². The maximum atomic E-state index is 12.0. The van der Waals surface area contributed by atoms with E-state index in [4.69, 9.17) is 9.47 Å². The van der Waals surface area contributed by atoms with Gasteiger partial charge >= 0.3 is 5.97 Å². The average Bonchev–Trinajstić information content (AvgIpc) is 2.59. The minimum Gasteiger partial charge on any atom is -0.497 e. The summed E-state index contributed by atoms with van der Waals surface area (Å²) in [5.74, 6) is -0.247. The van der Waals surface area contributed by atoms with Crippen molar-refractivity contribution < 1.29 is 24.2 Å². The van der Waals surface area contributed by atoms with Crippen LogP contribution in [0.1, 0.15) is 24.8 Å². The Balaban J connectivity index is 1.83. The lowest BCUT2D eigenvalue weighted by molar-refractivity contribution is -0.154. The number of methoxy groups -OCH3 is 1. The third-order valence-electron chi connectivity index (χ3n) is 4.30. The van der Waals surface area contributed by atoms with Crippen molar-refractivity contribution >= 4 is 11.9 Å². The van der Waals surface area contributed by atoms with Gasteiger partial charge in [-0.3, -0.25) is 9.59 Å². The maximum absolute atomic E-state index is 12.0. The van der Waals surface area contributed by atoms with Crippen molar-refractivity contribution in [3.05, 3.63) is 29.8 Å². The van der Waals surface area contributed by atoms with Crippen molar-refractivity contribution in [2.45, 2.75) is 25.7 Å². The van der Waals surface area contributed by atoms with Crippen molar-refractivity contribution in [1.29, 1.82) is 0 Å². The standard InChI is InChI=1S/C17H23NO5/c1-22-14-4-2-3-13(11-14)5-6-15(19)18-12-17(16(20)21)7-9-23-10-8-17/h2-4,11H,5-10,12H2,1H3,(H,18,19)(H,20,21). The van der Waals surface area contributed by atoms with Gasteiger partial charge < -0.3 is 19.9 Å². The topological polar surface area (TPSA) is 84.9 Å². The zero-order valence-corrected chi connectivity index (χ0v) is 13.3. The molecule has 1 aromatic rings. The smallest absolute Gasteiger partial charge is 0.311 e. The molecule has 0 bridgehead atoms. The van der Waals surface area contributed by atoms with Crippen LogP contribution in [0.25, 0.3) is 0 Å². The van der Waals surface area contributed by atoms with Crippen LogP contribution in [-0.4, -0.2) is 43.9 Å². The number of ether oxygens (including phenoxy) is 2. The van der Waals surface area contributed by atoms with E-state index >= 15 is 0 Å². The molecule has 1 aliphatic heterocycles. The number of carboxylic acids is 1. The molecule has 1 saturated heterocycles. The van der Waals surface area contributed by atoms with Crippen molar-refractivity contribution in [1.82, 2.24) is 5.32 Å². The number of amides is 1. The minimum absolute atomic E-state index is 0.139. The number of carbonyl (C=O) groups is 2. The first-order valence-electron chi connectivity index (χ1n) is 7.76. The number of nitrogens with one attached hydrogen (secondary N) is 1. The van der Waals surface area contributed by atoms with Crippen LogP contribution in [0.15, 0.2) is 24.3 Å². The summed E-state index contributed by atoms with van der Waals surface area (Å²) >= 11 is 0. The highest BCUT2D eigenvalue weighted by atomic mass is 16.5. The SMILES string of the molecule is COc1cccc(CCC(=O)NCC2(C(=O)O)CCOCC2)c1. The second kappa shape index (κ2) is 7.97. The van der Waals surface area contributed by atoms with Gasteiger partial charge in [-0.05, 0) is 37.0 Å². The summed E-state index contributed by atoms with van der Waals surface area (Å²) in [6.07, 6.45) is 1.77. The number of carboxylic acid groups (broad SMARTS) is 1. The molecule has 0 aromatic heterocycles.